The van der Waals surface area contributed by atoms with Crippen LogP contribution in [0.15, 0.2) is 24.3 Å². The van der Waals surface area contributed by atoms with Gasteiger partial charge in [-0.2, -0.15) is 0 Å². The number of unbranched alkanes of at least 4 members (excludes halogenated alkanes) is 6. The fraction of sp³-hybridized carbons (Fsp3) is 0.450. The number of hydrogen-bond donors (Lipinski definition) is 1. The van der Waals surface area contributed by atoms with Crippen LogP contribution in [0.1, 0.15) is 62.2 Å². The molecule has 0 saturated heterocycles. The molecule has 1 aromatic rings. The molecule has 0 aliphatic carbocycles. The Balaban J connectivity index is 2.13. The van der Waals surface area contributed by atoms with Gasteiger partial charge in [-0.3, -0.25) is 0 Å². The molecule has 0 aromatic heterocycles. The first-order chi connectivity index (χ1) is 11.2. The van der Waals surface area contributed by atoms with Gasteiger partial charge < -0.3 is 9.84 Å². The second kappa shape index (κ2) is 12.2. The molecule has 0 bridgehead atoms. The number of rotatable bonds is 9. The molecule has 1 rings (SSSR count). The predicted molar refractivity (Wildman–Crippen MR) is 92.4 cm³/mol. The van der Waals surface area contributed by atoms with Crippen molar-refractivity contribution in [3.63, 3.8) is 0 Å². The fourth-order valence-electron chi connectivity index (χ4n) is 1.99. The zero-order chi connectivity index (χ0) is 16.8. The van der Waals surface area contributed by atoms with Gasteiger partial charge in [0.1, 0.15) is 12.4 Å². The van der Waals surface area contributed by atoms with Crippen LogP contribution in [0.3, 0.4) is 0 Å². The molecule has 0 aliphatic heterocycles. The summed E-state index contributed by atoms with van der Waals surface area (Å²) in [6.07, 6.45) is 8.53. The third-order valence-corrected chi connectivity index (χ3v) is 3.31. The Bertz CT molecular complexity index is 579. The van der Waals surface area contributed by atoms with E-state index in [1.165, 1.54) is 44.2 Å². The van der Waals surface area contributed by atoms with Crippen LogP contribution in [0.5, 0.6) is 5.75 Å². The monoisotopic (exact) mass is 312 g/mol. The lowest BCUT2D eigenvalue weighted by atomic mass is 10.1. The van der Waals surface area contributed by atoms with Gasteiger partial charge in [-0.15, -0.1) is 0 Å². The van der Waals surface area contributed by atoms with E-state index in [9.17, 15) is 4.79 Å². The Kier molecular flexibility index (Phi) is 9.88. The quantitative estimate of drug-likeness (QED) is 0.538. The van der Waals surface area contributed by atoms with Crippen molar-refractivity contribution in [2.24, 2.45) is 0 Å². The molecule has 0 atom stereocenters. The van der Waals surface area contributed by atoms with Crippen molar-refractivity contribution in [2.45, 2.75) is 51.9 Å². The highest BCUT2D eigenvalue weighted by atomic mass is 16.5. The summed E-state index contributed by atoms with van der Waals surface area (Å²) in [4.78, 5) is 10.7. The van der Waals surface area contributed by atoms with Crippen LogP contribution in [-0.2, 0) is 0 Å². The molecule has 23 heavy (non-hydrogen) atoms. The number of ether oxygens (including phenoxy) is 1. The number of hydrogen-bond acceptors (Lipinski definition) is 2. The summed E-state index contributed by atoms with van der Waals surface area (Å²) in [6, 6.07) is 6.25. The van der Waals surface area contributed by atoms with Crippen LogP contribution in [0.25, 0.3) is 0 Å². The van der Waals surface area contributed by atoms with Gasteiger partial charge in [0.05, 0.1) is 5.56 Å². The summed E-state index contributed by atoms with van der Waals surface area (Å²) in [5, 5.41) is 8.79. The van der Waals surface area contributed by atoms with Crippen molar-refractivity contribution < 1.29 is 14.6 Å². The van der Waals surface area contributed by atoms with Crippen molar-refractivity contribution >= 4 is 5.97 Å². The van der Waals surface area contributed by atoms with E-state index in [0.717, 1.165) is 12.8 Å². The lowest BCUT2D eigenvalue weighted by Gasteiger charge is -2.01. The van der Waals surface area contributed by atoms with Crippen molar-refractivity contribution in [2.75, 3.05) is 6.61 Å². The molecule has 3 heteroatoms. The predicted octanol–water partition coefficient (Wildman–Crippen LogP) is 4.52. The van der Waals surface area contributed by atoms with E-state index in [4.69, 9.17) is 9.84 Å². The van der Waals surface area contributed by atoms with E-state index in [1.807, 2.05) is 0 Å². The second-order valence-electron chi connectivity index (χ2n) is 5.24. The van der Waals surface area contributed by atoms with Gasteiger partial charge in [-0.25, -0.2) is 4.79 Å². The first kappa shape index (κ1) is 18.7. The van der Waals surface area contributed by atoms with Crippen LogP contribution in [0, 0.1) is 23.7 Å². The molecule has 0 radical (unpaired) electrons. The minimum atomic E-state index is -0.947. The second-order valence-corrected chi connectivity index (χ2v) is 5.24. The topological polar surface area (TPSA) is 46.5 Å². The average molecular weight is 312 g/mol. The molecule has 0 spiro atoms. The lowest BCUT2D eigenvalue weighted by molar-refractivity contribution is 0.0697. The van der Waals surface area contributed by atoms with Crippen molar-refractivity contribution in [3.8, 4) is 29.4 Å². The summed E-state index contributed by atoms with van der Waals surface area (Å²) in [5.74, 6) is 11.1. The molecule has 0 heterocycles. The number of benzene rings is 1. The van der Waals surface area contributed by atoms with E-state index < -0.39 is 5.97 Å². The SMILES string of the molecule is CCCCCCCCC#CC#CCOc1ccc(C(=O)O)cc1. The molecule has 3 nitrogen and oxygen atoms in total. The van der Waals surface area contributed by atoms with E-state index in [0.29, 0.717) is 5.75 Å². The Hall–Kier alpha value is -2.39. The molecule has 0 fully saturated rings. The highest BCUT2D eigenvalue weighted by Crippen LogP contribution is 2.11. The van der Waals surface area contributed by atoms with Gasteiger partial charge in [-0.1, -0.05) is 44.9 Å². The van der Waals surface area contributed by atoms with Crippen LogP contribution < -0.4 is 4.74 Å². The molecule has 122 valence electrons. The van der Waals surface area contributed by atoms with Gasteiger partial charge in [0.15, 0.2) is 0 Å². The van der Waals surface area contributed by atoms with Gasteiger partial charge in [0, 0.05) is 6.42 Å². The third kappa shape index (κ3) is 9.27. The Labute approximate surface area is 139 Å². The zero-order valence-corrected chi connectivity index (χ0v) is 13.7. The van der Waals surface area contributed by atoms with Crippen LogP contribution in [0.2, 0.25) is 0 Å². The van der Waals surface area contributed by atoms with E-state index in [-0.39, 0.29) is 12.2 Å². The van der Waals surface area contributed by atoms with Crippen molar-refractivity contribution in [3.05, 3.63) is 29.8 Å². The van der Waals surface area contributed by atoms with Gasteiger partial charge in [0.25, 0.3) is 0 Å². The maximum Gasteiger partial charge on any atom is 0.335 e. The first-order valence-electron chi connectivity index (χ1n) is 8.16. The molecule has 1 aromatic carbocycles. The van der Waals surface area contributed by atoms with Gasteiger partial charge in [0.2, 0.25) is 0 Å². The third-order valence-electron chi connectivity index (χ3n) is 3.31. The maximum absolute atomic E-state index is 10.7. The summed E-state index contributed by atoms with van der Waals surface area (Å²) >= 11 is 0. The Morgan fingerprint density at radius 2 is 1.65 bits per heavy atom. The van der Waals surface area contributed by atoms with Crippen LogP contribution in [-0.4, -0.2) is 17.7 Å². The summed E-state index contributed by atoms with van der Waals surface area (Å²) in [5.41, 5.74) is 0.240. The Morgan fingerprint density at radius 3 is 2.35 bits per heavy atom. The zero-order valence-electron chi connectivity index (χ0n) is 13.7. The molecule has 1 N–H and O–H groups in total. The molecular formula is C20H24O3. The Morgan fingerprint density at radius 1 is 1.00 bits per heavy atom. The normalized spacial score (nSPS) is 9.26. The minimum Gasteiger partial charge on any atom is -0.481 e. The van der Waals surface area contributed by atoms with Crippen molar-refractivity contribution in [1.82, 2.24) is 0 Å². The van der Waals surface area contributed by atoms with Gasteiger partial charge >= 0.3 is 5.97 Å². The van der Waals surface area contributed by atoms with Crippen LogP contribution >= 0.6 is 0 Å². The van der Waals surface area contributed by atoms with E-state index in [2.05, 4.69) is 30.6 Å². The standard InChI is InChI=1S/C20H24O3/c1-2-3-4-5-6-7-8-9-10-11-12-17-23-19-15-13-18(14-16-19)20(21)22/h13-16H,2-8,17H2,1H3,(H,21,22). The van der Waals surface area contributed by atoms with Crippen molar-refractivity contribution in [1.29, 1.82) is 0 Å². The highest BCUT2D eigenvalue weighted by Gasteiger charge is 2.01. The molecule has 0 aliphatic rings. The molecule has 0 amide bonds. The smallest absolute Gasteiger partial charge is 0.335 e. The molecular weight excluding hydrogens is 288 g/mol. The minimum absolute atomic E-state index is 0.240. The van der Waals surface area contributed by atoms with E-state index in [1.54, 1.807) is 12.1 Å². The highest BCUT2D eigenvalue weighted by molar-refractivity contribution is 5.87. The summed E-state index contributed by atoms with van der Waals surface area (Å²) in [6.45, 7) is 2.47. The lowest BCUT2D eigenvalue weighted by Crippen LogP contribution is -1.97. The number of carboxylic acid groups (broad SMARTS) is 1. The largest absolute Gasteiger partial charge is 0.481 e. The fourth-order valence-corrected chi connectivity index (χ4v) is 1.99. The molecule has 0 saturated carbocycles. The van der Waals surface area contributed by atoms with E-state index >= 15 is 0 Å². The maximum atomic E-state index is 10.7. The number of carbonyl (C=O) groups is 1. The molecule has 0 unspecified atom stereocenters. The van der Waals surface area contributed by atoms with Gasteiger partial charge in [-0.05, 0) is 48.4 Å². The average Bonchev–Trinajstić information content (AvgIpc) is 2.56. The number of carboxylic acids is 1. The first-order valence-corrected chi connectivity index (χ1v) is 8.16. The summed E-state index contributed by atoms with van der Waals surface area (Å²) < 4.78 is 5.39. The number of aromatic carboxylic acids is 1. The van der Waals surface area contributed by atoms with Crippen LogP contribution in [0.4, 0.5) is 0 Å². The summed E-state index contributed by atoms with van der Waals surface area (Å²) in [7, 11) is 0.